The summed E-state index contributed by atoms with van der Waals surface area (Å²) in [7, 11) is 1.41. The molecule has 1 N–H and O–H groups in total. The van der Waals surface area contributed by atoms with Crippen LogP contribution >= 0.6 is 7.82 Å². The van der Waals surface area contributed by atoms with Gasteiger partial charge in [-0.1, -0.05) is 137 Å². The van der Waals surface area contributed by atoms with E-state index in [1.54, 1.807) is 0 Å². The van der Waals surface area contributed by atoms with Crippen molar-refractivity contribution < 1.29 is 42.1 Å². The average Bonchev–Trinajstić information content (AvgIpc) is 3.15. The van der Waals surface area contributed by atoms with Crippen LogP contribution in [0.25, 0.3) is 0 Å². The molecule has 56 heavy (non-hydrogen) atoms. The van der Waals surface area contributed by atoms with Gasteiger partial charge in [-0.25, -0.2) is 4.57 Å². The highest BCUT2D eigenvalue weighted by Crippen LogP contribution is 2.43. The van der Waals surface area contributed by atoms with Crippen LogP contribution in [0.5, 0.6) is 0 Å². The van der Waals surface area contributed by atoms with Crippen LogP contribution in [0.4, 0.5) is 0 Å². The molecule has 0 aromatic heterocycles. The van der Waals surface area contributed by atoms with Crippen LogP contribution in [0.1, 0.15) is 142 Å². The molecule has 0 fully saturated rings. The molecule has 0 radical (unpaired) electrons. The van der Waals surface area contributed by atoms with Gasteiger partial charge >= 0.3 is 19.8 Å². The Labute approximate surface area is 341 Å². The van der Waals surface area contributed by atoms with Crippen molar-refractivity contribution in [3.05, 3.63) is 85.1 Å². The van der Waals surface area contributed by atoms with E-state index in [9.17, 15) is 19.0 Å². The van der Waals surface area contributed by atoms with E-state index in [-0.39, 0.29) is 26.1 Å². The molecule has 0 bridgehead atoms. The van der Waals surface area contributed by atoms with Gasteiger partial charge in [0.2, 0.25) is 0 Å². The Morgan fingerprint density at radius 1 is 0.589 bits per heavy atom. The minimum absolute atomic E-state index is 0.0137. The minimum atomic E-state index is -4.40. The van der Waals surface area contributed by atoms with Gasteiger partial charge in [0.1, 0.15) is 19.8 Å². The van der Waals surface area contributed by atoms with Crippen LogP contribution < -0.4 is 0 Å². The van der Waals surface area contributed by atoms with Gasteiger partial charge in [0.05, 0.1) is 27.7 Å². The van der Waals surface area contributed by atoms with Crippen LogP contribution in [-0.2, 0) is 32.7 Å². The molecule has 0 heterocycles. The molecular formula is C46H79NO8P+. The molecule has 0 aromatic carbocycles. The molecule has 9 nitrogen and oxygen atoms in total. The quantitative estimate of drug-likeness (QED) is 0.0165. The van der Waals surface area contributed by atoms with E-state index in [0.29, 0.717) is 30.3 Å². The van der Waals surface area contributed by atoms with E-state index in [1.807, 2.05) is 27.2 Å². The lowest BCUT2D eigenvalue weighted by atomic mass is 10.1. The lowest BCUT2D eigenvalue weighted by molar-refractivity contribution is -0.870. The van der Waals surface area contributed by atoms with Gasteiger partial charge in [-0.3, -0.25) is 18.6 Å². The summed E-state index contributed by atoms with van der Waals surface area (Å²) in [6, 6.07) is 0. The van der Waals surface area contributed by atoms with Crippen LogP contribution in [0, 0.1) is 0 Å². The van der Waals surface area contributed by atoms with E-state index in [1.165, 1.54) is 25.7 Å². The maximum Gasteiger partial charge on any atom is 0.472 e. The van der Waals surface area contributed by atoms with Crippen LogP contribution in [0.3, 0.4) is 0 Å². The number of nitrogens with zero attached hydrogens (tertiary/aromatic N) is 1. The number of hydrogen-bond donors (Lipinski definition) is 1. The average molecular weight is 805 g/mol. The Morgan fingerprint density at radius 2 is 1.09 bits per heavy atom. The molecule has 0 rings (SSSR count). The lowest BCUT2D eigenvalue weighted by Crippen LogP contribution is -2.37. The highest BCUT2D eigenvalue weighted by Gasteiger charge is 2.27. The number of esters is 2. The van der Waals surface area contributed by atoms with E-state index in [0.717, 1.165) is 70.6 Å². The fraction of sp³-hybridized carbons (Fsp3) is 0.652. The molecule has 0 aliphatic heterocycles. The van der Waals surface area contributed by atoms with Crippen molar-refractivity contribution >= 4 is 19.8 Å². The number of allylic oxidation sites excluding steroid dienone is 14. The Kier molecular flexibility index (Phi) is 35.9. The first-order chi connectivity index (χ1) is 27.0. The molecule has 10 heteroatoms. The van der Waals surface area contributed by atoms with Gasteiger partial charge in [0.25, 0.3) is 0 Å². The molecule has 0 aromatic rings. The molecule has 1 unspecified atom stereocenters. The highest BCUT2D eigenvalue weighted by molar-refractivity contribution is 7.47. The number of phosphoric ester groups is 1. The van der Waals surface area contributed by atoms with E-state index >= 15 is 0 Å². The van der Waals surface area contributed by atoms with Gasteiger partial charge in [-0.15, -0.1) is 0 Å². The first-order valence-electron chi connectivity index (χ1n) is 21.3. The van der Waals surface area contributed by atoms with Gasteiger partial charge < -0.3 is 18.9 Å². The van der Waals surface area contributed by atoms with E-state index < -0.39 is 32.5 Å². The molecule has 0 saturated heterocycles. The number of quaternary nitrogens is 1. The van der Waals surface area contributed by atoms with Crippen molar-refractivity contribution in [1.82, 2.24) is 0 Å². The van der Waals surface area contributed by atoms with Crippen LogP contribution in [0.2, 0.25) is 0 Å². The van der Waals surface area contributed by atoms with Crippen molar-refractivity contribution in [2.45, 2.75) is 148 Å². The Morgan fingerprint density at radius 3 is 1.66 bits per heavy atom. The second-order valence-electron chi connectivity index (χ2n) is 15.0. The highest BCUT2D eigenvalue weighted by atomic mass is 31.2. The van der Waals surface area contributed by atoms with Crippen LogP contribution in [0.15, 0.2) is 85.1 Å². The SMILES string of the molecule is CC/C=C/C/C=C/C/C=C/C/C=C/C/C=C/CCCC(=O)O[C@H](COC(=O)CCCCCCC/C=C/C=C/CCCCCC)COP(=O)(O)OCC[N+](C)(C)C. The zero-order chi connectivity index (χ0) is 41.4. The van der Waals surface area contributed by atoms with Gasteiger partial charge in [-0.05, 0) is 77.0 Å². The number of carbonyl (C=O) groups is 2. The van der Waals surface area contributed by atoms with Gasteiger partial charge in [0.15, 0.2) is 6.10 Å². The summed E-state index contributed by atoms with van der Waals surface area (Å²) in [6.07, 6.45) is 47.8. The number of unbranched alkanes of at least 4 members (excludes halogenated alkanes) is 10. The number of carbonyl (C=O) groups excluding carboxylic acids is 2. The molecule has 0 aliphatic carbocycles. The Hall–Kier alpha value is -2.81. The van der Waals surface area contributed by atoms with Crippen molar-refractivity contribution in [2.24, 2.45) is 0 Å². The fourth-order valence-corrected chi connectivity index (χ4v) is 5.84. The third kappa shape index (κ3) is 40.8. The summed E-state index contributed by atoms with van der Waals surface area (Å²) >= 11 is 0. The van der Waals surface area contributed by atoms with Crippen molar-refractivity contribution in [3.63, 3.8) is 0 Å². The summed E-state index contributed by atoms with van der Waals surface area (Å²) in [5.74, 6) is -0.894. The van der Waals surface area contributed by atoms with Crippen LogP contribution in [-0.4, -0.2) is 74.9 Å². The normalized spacial score (nSPS) is 14.5. The molecule has 0 amide bonds. The number of ether oxygens (including phenoxy) is 2. The largest absolute Gasteiger partial charge is 0.472 e. The molecule has 0 aliphatic rings. The molecular weight excluding hydrogens is 725 g/mol. The maximum absolute atomic E-state index is 12.7. The number of rotatable bonds is 37. The lowest BCUT2D eigenvalue weighted by Gasteiger charge is -2.24. The summed E-state index contributed by atoms with van der Waals surface area (Å²) in [4.78, 5) is 35.3. The second kappa shape index (κ2) is 37.7. The molecule has 2 atom stereocenters. The summed E-state index contributed by atoms with van der Waals surface area (Å²) in [6.45, 7) is 4.17. The number of likely N-dealkylation sites (N-methyl/N-ethyl adjacent to an activating group) is 1. The Balaban J connectivity index is 4.53. The van der Waals surface area contributed by atoms with Crippen molar-refractivity contribution in [3.8, 4) is 0 Å². The third-order valence-corrected chi connectivity index (χ3v) is 9.42. The monoisotopic (exact) mass is 805 g/mol. The smallest absolute Gasteiger partial charge is 0.462 e. The second-order valence-corrected chi connectivity index (χ2v) is 16.5. The maximum atomic E-state index is 12.7. The summed E-state index contributed by atoms with van der Waals surface area (Å²) in [5, 5.41) is 0. The van der Waals surface area contributed by atoms with Gasteiger partial charge in [0, 0.05) is 12.8 Å². The first-order valence-corrected chi connectivity index (χ1v) is 22.8. The van der Waals surface area contributed by atoms with E-state index in [4.69, 9.17) is 18.5 Å². The predicted octanol–water partition coefficient (Wildman–Crippen LogP) is 12.0. The number of hydrogen-bond acceptors (Lipinski definition) is 7. The van der Waals surface area contributed by atoms with Crippen molar-refractivity contribution in [2.75, 3.05) is 47.5 Å². The zero-order valence-electron chi connectivity index (χ0n) is 35.8. The van der Waals surface area contributed by atoms with E-state index in [2.05, 4.69) is 92.8 Å². The standard InChI is InChI=1S/C46H78NO8P/c1-6-8-10-12-14-16-18-20-22-23-25-27-29-31-33-35-37-39-46(49)55-44(43-54-56(50,51)53-41-40-47(3,4)5)42-52-45(48)38-36-34-32-30-28-26-24-21-19-17-15-13-11-9-7-2/h8,10,14,16-17,19-22,24-25,27,31,33,44H,6-7,9,11-13,15,18,23,26,28-30,32,34-43H2,1-5H3/p+1/b10-8+,16-14+,19-17+,22-20+,24-21+,27-25+,33-31+/t44-/m1/s1. The minimum Gasteiger partial charge on any atom is -0.462 e. The molecule has 320 valence electrons. The molecule has 0 spiro atoms. The fourth-order valence-electron chi connectivity index (χ4n) is 5.10. The summed E-state index contributed by atoms with van der Waals surface area (Å²) in [5.41, 5.74) is 0. The number of phosphoric acid groups is 1. The predicted molar refractivity (Wildman–Crippen MR) is 233 cm³/mol. The third-order valence-electron chi connectivity index (χ3n) is 8.44. The summed E-state index contributed by atoms with van der Waals surface area (Å²) < 4.78 is 34.2. The molecule has 0 saturated carbocycles. The first kappa shape index (κ1) is 53.2. The Bertz CT molecular complexity index is 1230. The zero-order valence-corrected chi connectivity index (χ0v) is 36.7. The topological polar surface area (TPSA) is 108 Å². The van der Waals surface area contributed by atoms with Crippen molar-refractivity contribution in [1.29, 1.82) is 0 Å². The van der Waals surface area contributed by atoms with Gasteiger partial charge in [-0.2, -0.15) is 0 Å².